The largest absolute Gasteiger partial charge is 0.497 e. The number of nitrogens with zero attached hydrogens (tertiary/aromatic N) is 2. The average Bonchev–Trinajstić information content (AvgIpc) is 3.20. The number of nitriles is 1. The van der Waals surface area contributed by atoms with Crippen LogP contribution in [0.1, 0.15) is 11.1 Å². The van der Waals surface area contributed by atoms with Gasteiger partial charge in [-0.25, -0.2) is 4.39 Å². The number of hydrogen-bond acceptors (Lipinski definition) is 5. The number of carbonyl (C=O) groups is 2. The summed E-state index contributed by atoms with van der Waals surface area (Å²) >= 11 is 1.09. The van der Waals surface area contributed by atoms with Gasteiger partial charge < -0.3 is 10.1 Å². The number of nitrogens with one attached hydrogen (secondary N) is 1. The smallest absolute Gasteiger partial charge is 0.264 e. The van der Waals surface area contributed by atoms with Crippen molar-refractivity contribution in [2.24, 2.45) is 0 Å². The molecule has 0 bridgehead atoms. The molecular formula is C27H22FN3O3S. The highest BCUT2D eigenvalue weighted by atomic mass is 32.2. The molecule has 1 aliphatic rings. The van der Waals surface area contributed by atoms with Crippen LogP contribution < -0.4 is 15.0 Å². The summed E-state index contributed by atoms with van der Waals surface area (Å²) in [5.41, 5.74) is 1.58. The van der Waals surface area contributed by atoms with E-state index in [1.54, 1.807) is 42.5 Å². The summed E-state index contributed by atoms with van der Waals surface area (Å²) in [5.74, 6) is -0.725. The lowest BCUT2D eigenvalue weighted by molar-refractivity contribution is -0.117. The molecule has 1 heterocycles. The minimum Gasteiger partial charge on any atom is -0.497 e. The molecule has 1 N–H and O–H groups in total. The maximum atomic E-state index is 14.3. The first-order chi connectivity index (χ1) is 17.0. The lowest BCUT2D eigenvalue weighted by Gasteiger charge is -2.19. The number of carbonyl (C=O) groups excluding carboxylic acids is 2. The molecule has 1 atom stereocenters. The minimum absolute atomic E-state index is 0.122. The zero-order valence-corrected chi connectivity index (χ0v) is 19.7. The van der Waals surface area contributed by atoms with E-state index in [-0.39, 0.29) is 29.5 Å². The summed E-state index contributed by atoms with van der Waals surface area (Å²) in [6.45, 7) is 0.234. The Morgan fingerprint density at radius 3 is 2.43 bits per heavy atom. The van der Waals surface area contributed by atoms with Gasteiger partial charge >= 0.3 is 0 Å². The van der Waals surface area contributed by atoms with Crippen molar-refractivity contribution in [2.45, 2.75) is 18.2 Å². The van der Waals surface area contributed by atoms with Crippen LogP contribution in [0.4, 0.5) is 10.1 Å². The first kappa shape index (κ1) is 24.0. The van der Waals surface area contributed by atoms with Gasteiger partial charge in [0.25, 0.3) is 5.91 Å². The predicted molar refractivity (Wildman–Crippen MR) is 133 cm³/mol. The van der Waals surface area contributed by atoms with Crippen LogP contribution in [0.15, 0.2) is 89.5 Å². The van der Waals surface area contributed by atoms with E-state index < -0.39 is 17.0 Å². The molecule has 0 aliphatic carbocycles. The van der Waals surface area contributed by atoms with Crippen molar-refractivity contribution in [3.8, 4) is 11.8 Å². The summed E-state index contributed by atoms with van der Waals surface area (Å²) in [7, 11) is 1.53. The Morgan fingerprint density at radius 2 is 1.77 bits per heavy atom. The van der Waals surface area contributed by atoms with Crippen LogP contribution in [-0.2, 0) is 22.6 Å². The number of amides is 2. The van der Waals surface area contributed by atoms with Crippen LogP contribution in [0.3, 0.4) is 0 Å². The first-order valence-corrected chi connectivity index (χ1v) is 11.7. The third-order valence-electron chi connectivity index (χ3n) is 5.50. The molecule has 3 aromatic carbocycles. The van der Waals surface area contributed by atoms with E-state index in [0.29, 0.717) is 17.0 Å². The Hall–Kier alpha value is -4.09. The average molecular weight is 488 g/mol. The van der Waals surface area contributed by atoms with Gasteiger partial charge in [-0.1, -0.05) is 60.3 Å². The van der Waals surface area contributed by atoms with Gasteiger partial charge in [0, 0.05) is 12.2 Å². The number of benzene rings is 3. The van der Waals surface area contributed by atoms with Gasteiger partial charge in [-0.15, -0.1) is 0 Å². The van der Waals surface area contributed by atoms with Gasteiger partial charge in [0.15, 0.2) is 0 Å². The SMILES string of the molecule is COc1ccc(N2C(=O)C(Cc3ccccc3F)S/C2=C(/C#N)C(=O)NCc2ccccc2)cc1. The van der Waals surface area contributed by atoms with Crippen molar-refractivity contribution in [3.05, 3.63) is 106 Å². The lowest BCUT2D eigenvalue weighted by atomic mass is 10.1. The maximum absolute atomic E-state index is 14.3. The van der Waals surface area contributed by atoms with E-state index in [2.05, 4.69) is 5.32 Å². The molecule has 6 nitrogen and oxygen atoms in total. The highest BCUT2D eigenvalue weighted by Gasteiger charge is 2.41. The Bertz CT molecular complexity index is 1300. The lowest BCUT2D eigenvalue weighted by Crippen LogP contribution is -2.32. The molecule has 0 saturated carbocycles. The van der Waals surface area contributed by atoms with Gasteiger partial charge in [0.2, 0.25) is 5.91 Å². The molecule has 0 radical (unpaired) electrons. The molecule has 8 heteroatoms. The summed E-state index contributed by atoms with van der Waals surface area (Å²) < 4.78 is 19.5. The highest BCUT2D eigenvalue weighted by molar-refractivity contribution is 8.05. The van der Waals surface area contributed by atoms with Gasteiger partial charge in [0.1, 0.15) is 28.2 Å². The Balaban J connectivity index is 1.68. The van der Waals surface area contributed by atoms with E-state index in [4.69, 9.17) is 4.74 Å². The number of thioether (sulfide) groups is 1. The van der Waals surface area contributed by atoms with Crippen LogP contribution in [0, 0.1) is 17.1 Å². The van der Waals surface area contributed by atoms with Crippen LogP contribution in [0.2, 0.25) is 0 Å². The molecule has 1 aliphatic heterocycles. The number of halogens is 1. The van der Waals surface area contributed by atoms with Crippen LogP contribution >= 0.6 is 11.8 Å². The third kappa shape index (κ3) is 5.36. The molecule has 2 amide bonds. The highest BCUT2D eigenvalue weighted by Crippen LogP contribution is 2.42. The third-order valence-corrected chi connectivity index (χ3v) is 6.76. The molecule has 3 aromatic rings. The van der Waals surface area contributed by atoms with E-state index in [0.717, 1.165) is 17.3 Å². The van der Waals surface area contributed by atoms with Crippen molar-refractivity contribution in [2.75, 3.05) is 12.0 Å². The molecular weight excluding hydrogens is 465 g/mol. The second-order valence-electron chi connectivity index (χ2n) is 7.73. The van der Waals surface area contributed by atoms with E-state index in [9.17, 15) is 19.2 Å². The molecule has 1 saturated heterocycles. The summed E-state index contributed by atoms with van der Waals surface area (Å²) in [6.07, 6.45) is 0.122. The van der Waals surface area contributed by atoms with Crippen molar-refractivity contribution < 1.29 is 18.7 Å². The number of ether oxygens (including phenoxy) is 1. The van der Waals surface area contributed by atoms with Crippen molar-refractivity contribution in [1.82, 2.24) is 5.32 Å². The monoisotopic (exact) mass is 487 g/mol. The number of rotatable bonds is 7. The van der Waals surface area contributed by atoms with Crippen molar-refractivity contribution in [3.63, 3.8) is 0 Å². The summed E-state index contributed by atoms with van der Waals surface area (Å²) in [5, 5.41) is 12.2. The number of hydrogen-bond donors (Lipinski definition) is 1. The Morgan fingerprint density at radius 1 is 1.09 bits per heavy atom. The van der Waals surface area contributed by atoms with Crippen molar-refractivity contribution >= 4 is 29.3 Å². The molecule has 4 rings (SSSR count). The molecule has 0 spiro atoms. The summed E-state index contributed by atoms with van der Waals surface area (Å²) in [6, 6.07) is 24.3. The number of methoxy groups -OCH3 is 1. The van der Waals surface area contributed by atoms with Gasteiger partial charge in [-0.2, -0.15) is 5.26 Å². The minimum atomic E-state index is -0.700. The fourth-order valence-electron chi connectivity index (χ4n) is 3.68. The normalized spacial score (nSPS) is 16.5. The van der Waals surface area contributed by atoms with Crippen molar-refractivity contribution in [1.29, 1.82) is 5.26 Å². The van der Waals surface area contributed by atoms with E-state index >= 15 is 0 Å². The number of anilines is 1. The molecule has 0 aromatic heterocycles. The summed E-state index contributed by atoms with van der Waals surface area (Å²) in [4.78, 5) is 27.9. The quantitative estimate of drug-likeness (QED) is 0.390. The van der Waals surface area contributed by atoms with Crippen LogP contribution in [-0.4, -0.2) is 24.2 Å². The topological polar surface area (TPSA) is 82.4 Å². The zero-order valence-electron chi connectivity index (χ0n) is 18.9. The van der Waals surface area contributed by atoms with Gasteiger partial charge in [-0.05, 0) is 47.9 Å². The van der Waals surface area contributed by atoms with Crippen LogP contribution in [0.25, 0.3) is 0 Å². The molecule has 1 unspecified atom stereocenters. The maximum Gasteiger partial charge on any atom is 0.264 e. The van der Waals surface area contributed by atoms with Gasteiger partial charge in [0.05, 0.1) is 12.4 Å². The zero-order chi connectivity index (χ0) is 24.8. The Labute approximate surface area is 207 Å². The second-order valence-corrected chi connectivity index (χ2v) is 8.93. The fraction of sp³-hybridized carbons (Fsp3) is 0.148. The Kier molecular flexibility index (Phi) is 7.48. The molecule has 176 valence electrons. The van der Waals surface area contributed by atoms with E-state index in [1.165, 1.54) is 18.1 Å². The predicted octanol–water partition coefficient (Wildman–Crippen LogP) is 4.58. The first-order valence-electron chi connectivity index (χ1n) is 10.9. The van der Waals surface area contributed by atoms with E-state index in [1.807, 2.05) is 36.4 Å². The fourth-order valence-corrected chi connectivity index (χ4v) is 4.98. The molecule has 1 fully saturated rings. The second kappa shape index (κ2) is 10.9. The van der Waals surface area contributed by atoms with Gasteiger partial charge in [-0.3, -0.25) is 14.5 Å². The molecule has 35 heavy (non-hydrogen) atoms. The standard InChI is InChI=1S/C27H22FN3O3S/c1-34-21-13-11-20(12-14-21)31-26(33)24(15-19-9-5-6-10-23(19)28)35-27(31)22(16-29)25(32)30-17-18-7-3-2-4-8-18/h2-14,24H,15,17H2,1H3,(H,30,32)/b27-22-. The van der Waals surface area contributed by atoms with Crippen LogP contribution in [0.5, 0.6) is 5.75 Å².